The number of nitrogens with zero attached hydrogens (tertiary/aromatic N) is 2. The van der Waals surface area contributed by atoms with E-state index in [-0.39, 0.29) is 6.35 Å². The molecule has 0 fully saturated rings. The molecule has 0 bridgehead atoms. The topological polar surface area (TPSA) is 25.3 Å². The third-order valence-corrected chi connectivity index (χ3v) is 3.91. The first-order chi connectivity index (χ1) is 9.76. The molecule has 100 valence electrons. The van der Waals surface area contributed by atoms with Gasteiger partial charge in [-0.25, -0.2) is 0 Å². The summed E-state index contributed by atoms with van der Waals surface area (Å²) >= 11 is 0. The molecule has 1 aromatic carbocycles. The molecular formula is C16H16N2O2+2. The van der Waals surface area contributed by atoms with E-state index in [1.54, 1.807) is 7.11 Å². The fourth-order valence-electron chi connectivity index (χ4n) is 2.89. The maximum Gasteiger partial charge on any atom is 0.512 e. The van der Waals surface area contributed by atoms with Crippen molar-refractivity contribution in [2.24, 2.45) is 0 Å². The van der Waals surface area contributed by atoms with Gasteiger partial charge in [-0.1, -0.05) is 16.7 Å². The molecule has 1 unspecified atom stereocenters. The van der Waals surface area contributed by atoms with Crippen molar-refractivity contribution in [3.63, 3.8) is 0 Å². The summed E-state index contributed by atoms with van der Waals surface area (Å²) in [7, 11) is 1.69. The highest BCUT2D eigenvalue weighted by Crippen LogP contribution is 2.31. The van der Waals surface area contributed by atoms with E-state index in [0.717, 1.165) is 23.6 Å². The summed E-state index contributed by atoms with van der Waals surface area (Å²) in [5, 5.41) is 0. The van der Waals surface area contributed by atoms with Crippen molar-refractivity contribution in [3.05, 3.63) is 53.3 Å². The number of rotatable bonds is 1. The number of benzene rings is 1. The number of aryl methyl sites for hydroxylation is 1. The zero-order chi connectivity index (χ0) is 13.7. The molecule has 0 saturated carbocycles. The van der Waals surface area contributed by atoms with Gasteiger partial charge in [0.25, 0.3) is 5.69 Å². The molecule has 0 saturated heterocycles. The Kier molecular flexibility index (Phi) is 2.33. The second kappa shape index (κ2) is 4.07. The molecule has 2 aliphatic heterocycles. The molecule has 0 aliphatic carbocycles. The predicted molar refractivity (Wildman–Crippen MR) is 73.2 cm³/mol. The van der Waals surface area contributed by atoms with Crippen molar-refractivity contribution in [2.45, 2.75) is 19.8 Å². The van der Waals surface area contributed by atoms with Crippen LogP contribution in [0.2, 0.25) is 0 Å². The van der Waals surface area contributed by atoms with E-state index < -0.39 is 0 Å². The highest BCUT2D eigenvalue weighted by Gasteiger charge is 2.46. The highest BCUT2D eigenvalue weighted by molar-refractivity contribution is 5.81. The fraction of sp³-hybridized carbons (Fsp3) is 0.250. The number of methoxy groups -OCH3 is 1. The smallest absolute Gasteiger partial charge is 0.496 e. The lowest BCUT2D eigenvalue weighted by Crippen LogP contribution is -2.45. The average Bonchev–Trinajstić information content (AvgIpc) is 2.82. The first kappa shape index (κ1) is 11.5. The number of aromatic nitrogens is 1. The first-order valence-corrected chi connectivity index (χ1v) is 6.71. The predicted octanol–water partition coefficient (Wildman–Crippen LogP) is 1.78. The lowest BCUT2D eigenvalue weighted by atomic mass is 10.1. The van der Waals surface area contributed by atoms with E-state index in [0.29, 0.717) is 0 Å². The largest absolute Gasteiger partial charge is 0.512 e. The lowest BCUT2D eigenvalue weighted by molar-refractivity contribution is -0.880. The normalized spacial score (nSPS) is 18.5. The van der Waals surface area contributed by atoms with Crippen molar-refractivity contribution in [1.29, 1.82) is 0 Å². The zero-order valence-electron chi connectivity index (χ0n) is 11.5. The molecule has 2 aliphatic rings. The van der Waals surface area contributed by atoms with Crippen LogP contribution >= 0.6 is 0 Å². The molecule has 1 atom stereocenters. The molecule has 2 aromatic rings. The van der Waals surface area contributed by atoms with Gasteiger partial charge in [0, 0.05) is 6.07 Å². The van der Waals surface area contributed by atoms with Gasteiger partial charge in [0.2, 0.25) is 6.54 Å². The highest BCUT2D eigenvalue weighted by atomic mass is 16.5. The van der Waals surface area contributed by atoms with Gasteiger partial charge in [0.15, 0.2) is 12.4 Å². The van der Waals surface area contributed by atoms with E-state index in [2.05, 4.69) is 46.5 Å². The van der Waals surface area contributed by atoms with Crippen molar-refractivity contribution in [1.82, 2.24) is 0 Å². The van der Waals surface area contributed by atoms with Gasteiger partial charge >= 0.3 is 6.35 Å². The zero-order valence-corrected chi connectivity index (χ0v) is 11.5. The SMILES string of the molecule is COc1cc[n+]2c(c1)C[N+]1=Cc3cccc(C)c3OC12. The van der Waals surface area contributed by atoms with Crippen molar-refractivity contribution in [3.8, 4) is 11.5 Å². The summed E-state index contributed by atoms with van der Waals surface area (Å²) in [6.07, 6.45) is 4.11. The summed E-state index contributed by atoms with van der Waals surface area (Å²) in [4.78, 5) is 0. The van der Waals surface area contributed by atoms with Gasteiger partial charge < -0.3 is 9.47 Å². The van der Waals surface area contributed by atoms with Crippen LogP contribution < -0.4 is 14.0 Å². The quantitative estimate of drug-likeness (QED) is 0.737. The molecule has 1 aromatic heterocycles. The van der Waals surface area contributed by atoms with E-state index >= 15 is 0 Å². The average molecular weight is 268 g/mol. The Morgan fingerprint density at radius 3 is 3.05 bits per heavy atom. The summed E-state index contributed by atoms with van der Waals surface area (Å²) in [5.41, 5.74) is 3.50. The second-order valence-electron chi connectivity index (χ2n) is 5.20. The third-order valence-electron chi connectivity index (χ3n) is 3.91. The molecule has 0 amide bonds. The number of hydrogen-bond donors (Lipinski definition) is 0. The Balaban J connectivity index is 1.82. The summed E-state index contributed by atoms with van der Waals surface area (Å²) < 4.78 is 15.8. The summed E-state index contributed by atoms with van der Waals surface area (Å²) in [6, 6.07) is 10.3. The molecule has 0 radical (unpaired) electrons. The minimum Gasteiger partial charge on any atom is -0.496 e. The van der Waals surface area contributed by atoms with Gasteiger partial charge in [0.1, 0.15) is 11.5 Å². The van der Waals surface area contributed by atoms with Crippen LogP contribution in [0.25, 0.3) is 0 Å². The van der Waals surface area contributed by atoms with Crippen LogP contribution in [0.3, 0.4) is 0 Å². The van der Waals surface area contributed by atoms with Crippen LogP contribution in [0.4, 0.5) is 0 Å². The monoisotopic (exact) mass is 268 g/mol. The van der Waals surface area contributed by atoms with Crippen LogP contribution in [-0.4, -0.2) is 17.9 Å². The number of para-hydroxylation sites is 1. The minimum atomic E-state index is -0.0930. The van der Waals surface area contributed by atoms with Gasteiger partial charge in [0.05, 0.1) is 18.7 Å². The summed E-state index contributed by atoms with van der Waals surface area (Å²) in [6.45, 7) is 2.91. The molecule has 0 N–H and O–H groups in total. The van der Waals surface area contributed by atoms with Gasteiger partial charge in [-0.2, -0.15) is 0 Å². The summed E-state index contributed by atoms with van der Waals surface area (Å²) in [5.74, 6) is 1.86. The number of ether oxygens (including phenoxy) is 2. The molecule has 4 heteroatoms. The Hall–Kier alpha value is -2.36. The van der Waals surface area contributed by atoms with Crippen LogP contribution in [0.5, 0.6) is 11.5 Å². The van der Waals surface area contributed by atoms with Crippen LogP contribution in [0.1, 0.15) is 23.2 Å². The van der Waals surface area contributed by atoms with E-state index in [4.69, 9.17) is 9.47 Å². The van der Waals surface area contributed by atoms with Crippen LogP contribution in [0.15, 0.2) is 36.5 Å². The third kappa shape index (κ3) is 1.54. The number of hydrogen-bond acceptors (Lipinski definition) is 2. The van der Waals surface area contributed by atoms with E-state index in [1.165, 1.54) is 11.3 Å². The molecular weight excluding hydrogens is 252 g/mol. The Morgan fingerprint density at radius 2 is 2.20 bits per heavy atom. The van der Waals surface area contributed by atoms with Crippen molar-refractivity contribution in [2.75, 3.05) is 7.11 Å². The fourth-order valence-corrected chi connectivity index (χ4v) is 2.89. The van der Waals surface area contributed by atoms with Crippen molar-refractivity contribution < 1.29 is 18.6 Å². The molecule has 4 nitrogen and oxygen atoms in total. The van der Waals surface area contributed by atoms with E-state index in [9.17, 15) is 0 Å². The molecule has 0 spiro atoms. The van der Waals surface area contributed by atoms with Crippen molar-refractivity contribution >= 4 is 6.21 Å². The van der Waals surface area contributed by atoms with Crippen LogP contribution in [0, 0.1) is 6.92 Å². The molecule has 3 heterocycles. The maximum atomic E-state index is 6.20. The Bertz CT molecular complexity index is 737. The maximum absolute atomic E-state index is 6.20. The Morgan fingerprint density at radius 1 is 1.30 bits per heavy atom. The lowest BCUT2D eigenvalue weighted by Gasteiger charge is -2.15. The number of pyridine rings is 1. The minimum absolute atomic E-state index is 0.0930. The first-order valence-electron chi connectivity index (χ1n) is 6.71. The van der Waals surface area contributed by atoms with Gasteiger partial charge in [-0.05, 0) is 18.6 Å². The Labute approximate surface area is 117 Å². The standard InChI is InChI=1S/C16H16N2O2/c1-11-4-3-5-12-9-17-10-13-8-14(19-2)6-7-18(13)16(17)20-15(11)12/h3-9,16H,10H2,1-2H3/q+2. The van der Waals surface area contributed by atoms with Gasteiger partial charge in [-0.15, -0.1) is 4.58 Å². The molecule has 4 rings (SSSR count). The van der Waals surface area contributed by atoms with Gasteiger partial charge in [-0.3, -0.25) is 0 Å². The molecule has 20 heavy (non-hydrogen) atoms. The van der Waals surface area contributed by atoms with E-state index in [1.807, 2.05) is 12.3 Å². The number of fused-ring (bicyclic) bond motifs is 4. The second-order valence-corrected chi connectivity index (χ2v) is 5.20. The van der Waals surface area contributed by atoms with Crippen LogP contribution in [-0.2, 0) is 6.54 Å².